The molecule has 100 valence electrons. The van der Waals surface area contributed by atoms with E-state index in [-0.39, 0.29) is 17.8 Å². The SMILES string of the molecule is CC(Cn1cccn1)NC(=O)c1n[nH]c(C2CC2)n1. The number of hydrogen-bond donors (Lipinski definition) is 2. The molecule has 1 fully saturated rings. The monoisotopic (exact) mass is 260 g/mol. The Hall–Kier alpha value is -2.18. The number of rotatable bonds is 5. The number of nitrogens with zero attached hydrogens (tertiary/aromatic N) is 4. The fourth-order valence-corrected chi connectivity index (χ4v) is 1.94. The highest BCUT2D eigenvalue weighted by Gasteiger charge is 2.28. The first-order valence-corrected chi connectivity index (χ1v) is 6.43. The predicted molar refractivity (Wildman–Crippen MR) is 67.5 cm³/mol. The Balaban J connectivity index is 1.57. The second kappa shape index (κ2) is 4.83. The summed E-state index contributed by atoms with van der Waals surface area (Å²) in [4.78, 5) is 16.2. The van der Waals surface area contributed by atoms with Crippen LogP contribution in [0.15, 0.2) is 18.5 Å². The van der Waals surface area contributed by atoms with Crippen LogP contribution < -0.4 is 5.32 Å². The first kappa shape index (κ1) is 11.9. The van der Waals surface area contributed by atoms with E-state index in [0.717, 1.165) is 18.7 Å². The van der Waals surface area contributed by atoms with Crippen LogP contribution >= 0.6 is 0 Å². The molecule has 1 atom stereocenters. The summed E-state index contributed by atoms with van der Waals surface area (Å²) in [6, 6.07) is 1.82. The van der Waals surface area contributed by atoms with E-state index >= 15 is 0 Å². The molecular formula is C12H16N6O. The molecule has 19 heavy (non-hydrogen) atoms. The summed E-state index contributed by atoms with van der Waals surface area (Å²) in [6.45, 7) is 2.55. The van der Waals surface area contributed by atoms with Gasteiger partial charge >= 0.3 is 0 Å². The van der Waals surface area contributed by atoms with Crippen LogP contribution in [0.2, 0.25) is 0 Å². The number of hydrogen-bond acceptors (Lipinski definition) is 4. The van der Waals surface area contributed by atoms with Gasteiger partial charge in [0.15, 0.2) is 0 Å². The van der Waals surface area contributed by atoms with Crippen molar-refractivity contribution < 1.29 is 4.79 Å². The molecule has 1 amide bonds. The first-order chi connectivity index (χ1) is 9.22. The Morgan fingerprint density at radius 3 is 3.16 bits per heavy atom. The molecule has 2 N–H and O–H groups in total. The summed E-state index contributed by atoms with van der Waals surface area (Å²) in [7, 11) is 0. The second-order valence-corrected chi connectivity index (χ2v) is 4.92. The van der Waals surface area contributed by atoms with Gasteiger partial charge in [0.25, 0.3) is 5.91 Å². The molecule has 1 aliphatic rings. The maximum atomic E-state index is 12.0. The molecule has 0 aromatic carbocycles. The lowest BCUT2D eigenvalue weighted by atomic mass is 10.3. The van der Waals surface area contributed by atoms with E-state index < -0.39 is 0 Å². The van der Waals surface area contributed by atoms with E-state index in [1.807, 2.05) is 19.2 Å². The number of aromatic amines is 1. The van der Waals surface area contributed by atoms with Gasteiger partial charge < -0.3 is 5.32 Å². The van der Waals surface area contributed by atoms with Crippen LogP contribution in [-0.2, 0) is 6.54 Å². The molecule has 0 bridgehead atoms. The lowest BCUT2D eigenvalue weighted by Crippen LogP contribution is -2.36. The highest BCUT2D eigenvalue weighted by molar-refractivity contribution is 5.90. The highest BCUT2D eigenvalue weighted by Crippen LogP contribution is 2.37. The average Bonchev–Trinajstić information content (AvgIpc) is 2.91. The number of nitrogens with one attached hydrogen (secondary N) is 2. The molecule has 3 rings (SSSR count). The third-order valence-corrected chi connectivity index (χ3v) is 3.07. The zero-order chi connectivity index (χ0) is 13.2. The average molecular weight is 260 g/mol. The first-order valence-electron chi connectivity index (χ1n) is 6.43. The standard InChI is InChI=1S/C12H16N6O/c1-8(7-18-6-2-5-13-18)14-12(19)11-15-10(16-17-11)9-3-4-9/h2,5-6,8-9H,3-4,7H2,1H3,(H,14,19)(H,15,16,17). The van der Waals surface area contributed by atoms with Gasteiger partial charge in [0.05, 0.1) is 6.54 Å². The van der Waals surface area contributed by atoms with Crippen molar-refractivity contribution in [1.82, 2.24) is 30.3 Å². The molecule has 2 aromatic heterocycles. The lowest BCUT2D eigenvalue weighted by Gasteiger charge is -2.12. The quantitative estimate of drug-likeness (QED) is 0.828. The number of amides is 1. The molecule has 7 nitrogen and oxygen atoms in total. The van der Waals surface area contributed by atoms with Crippen LogP contribution in [0.25, 0.3) is 0 Å². The van der Waals surface area contributed by atoms with Gasteiger partial charge in [-0.25, -0.2) is 4.98 Å². The predicted octanol–water partition coefficient (Wildman–Crippen LogP) is 0.697. The van der Waals surface area contributed by atoms with Crippen molar-refractivity contribution in [3.63, 3.8) is 0 Å². The normalized spacial score (nSPS) is 16.3. The van der Waals surface area contributed by atoms with E-state index in [1.54, 1.807) is 10.9 Å². The van der Waals surface area contributed by atoms with Crippen LogP contribution in [0.5, 0.6) is 0 Å². The van der Waals surface area contributed by atoms with Crippen molar-refractivity contribution in [3.8, 4) is 0 Å². The van der Waals surface area contributed by atoms with E-state index in [9.17, 15) is 4.79 Å². The Morgan fingerprint density at radius 2 is 2.47 bits per heavy atom. The fraction of sp³-hybridized carbons (Fsp3) is 0.500. The van der Waals surface area contributed by atoms with Gasteiger partial charge in [0.1, 0.15) is 5.82 Å². The van der Waals surface area contributed by atoms with Gasteiger partial charge in [-0.2, -0.15) is 5.10 Å². The molecule has 2 aromatic rings. The van der Waals surface area contributed by atoms with Gasteiger partial charge in [0.2, 0.25) is 5.82 Å². The molecule has 2 heterocycles. The third kappa shape index (κ3) is 2.81. The molecule has 0 radical (unpaired) electrons. The molecule has 0 aliphatic heterocycles. The summed E-state index contributed by atoms with van der Waals surface area (Å²) in [5.74, 6) is 1.26. The molecule has 0 saturated heterocycles. The summed E-state index contributed by atoms with van der Waals surface area (Å²) >= 11 is 0. The van der Waals surface area contributed by atoms with Crippen molar-refractivity contribution in [2.24, 2.45) is 0 Å². The maximum absolute atomic E-state index is 12.0. The molecule has 1 saturated carbocycles. The number of aromatic nitrogens is 5. The minimum atomic E-state index is -0.247. The van der Waals surface area contributed by atoms with Crippen LogP contribution in [-0.4, -0.2) is 36.9 Å². The van der Waals surface area contributed by atoms with Gasteiger partial charge in [0, 0.05) is 24.4 Å². The van der Waals surface area contributed by atoms with E-state index in [2.05, 4.69) is 25.6 Å². The zero-order valence-electron chi connectivity index (χ0n) is 10.7. The summed E-state index contributed by atoms with van der Waals surface area (Å²) in [5.41, 5.74) is 0. The second-order valence-electron chi connectivity index (χ2n) is 4.92. The Kier molecular flexibility index (Phi) is 3.02. The largest absolute Gasteiger partial charge is 0.345 e. The smallest absolute Gasteiger partial charge is 0.291 e. The van der Waals surface area contributed by atoms with E-state index in [1.165, 1.54) is 0 Å². The van der Waals surface area contributed by atoms with Gasteiger partial charge in [-0.15, -0.1) is 5.10 Å². The van der Waals surface area contributed by atoms with E-state index in [4.69, 9.17) is 0 Å². The molecule has 1 unspecified atom stereocenters. The third-order valence-electron chi connectivity index (χ3n) is 3.07. The number of carbonyl (C=O) groups is 1. The summed E-state index contributed by atoms with van der Waals surface area (Å²) < 4.78 is 1.78. The van der Waals surface area contributed by atoms with Crippen LogP contribution in [0, 0.1) is 0 Å². The Bertz CT molecular complexity index is 557. The van der Waals surface area contributed by atoms with Crippen molar-refractivity contribution in [2.75, 3.05) is 0 Å². The van der Waals surface area contributed by atoms with Crippen molar-refractivity contribution in [1.29, 1.82) is 0 Å². The van der Waals surface area contributed by atoms with Crippen LogP contribution in [0.3, 0.4) is 0 Å². The maximum Gasteiger partial charge on any atom is 0.291 e. The van der Waals surface area contributed by atoms with Crippen molar-refractivity contribution in [2.45, 2.75) is 38.3 Å². The number of H-pyrrole nitrogens is 1. The van der Waals surface area contributed by atoms with Gasteiger partial charge in [-0.1, -0.05) is 0 Å². The van der Waals surface area contributed by atoms with Crippen molar-refractivity contribution >= 4 is 5.91 Å². The Morgan fingerprint density at radius 1 is 1.63 bits per heavy atom. The number of carbonyl (C=O) groups excluding carboxylic acids is 1. The molecule has 7 heteroatoms. The van der Waals surface area contributed by atoms with Crippen LogP contribution in [0.1, 0.15) is 42.1 Å². The zero-order valence-corrected chi connectivity index (χ0v) is 10.7. The topological polar surface area (TPSA) is 88.5 Å². The fourth-order valence-electron chi connectivity index (χ4n) is 1.94. The summed E-state index contributed by atoms with van der Waals surface area (Å²) in [6.07, 6.45) is 5.84. The molecule has 1 aliphatic carbocycles. The highest BCUT2D eigenvalue weighted by atomic mass is 16.2. The lowest BCUT2D eigenvalue weighted by molar-refractivity contribution is 0.0926. The van der Waals surface area contributed by atoms with Crippen molar-refractivity contribution in [3.05, 3.63) is 30.1 Å². The van der Waals surface area contributed by atoms with Crippen LogP contribution in [0.4, 0.5) is 0 Å². The molecular weight excluding hydrogens is 244 g/mol. The van der Waals surface area contributed by atoms with Gasteiger partial charge in [-0.05, 0) is 25.8 Å². The van der Waals surface area contributed by atoms with E-state index in [0.29, 0.717) is 12.5 Å². The summed E-state index contributed by atoms with van der Waals surface area (Å²) in [5, 5.41) is 13.7. The minimum absolute atomic E-state index is 0.0322. The Labute approximate surface area is 110 Å². The van der Waals surface area contributed by atoms with Gasteiger partial charge in [-0.3, -0.25) is 14.6 Å². The molecule has 0 spiro atoms. The minimum Gasteiger partial charge on any atom is -0.345 e.